The summed E-state index contributed by atoms with van der Waals surface area (Å²) in [7, 11) is 6.63. The Balaban J connectivity index is 2.32. The summed E-state index contributed by atoms with van der Waals surface area (Å²) in [5, 5.41) is 0. The van der Waals surface area contributed by atoms with Crippen molar-refractivity contribution in [2.24, 2.45) is 23.7 Å². The number of amides is 4. The second-order valence-electron chi connectivity index (χ2n) is 13.5. The number of carbonyl (C=O) groups is 5. The fraction of sp³-hybridized carbons (Fsp3) is 0.781. The van der Waals surface area contributed by atoms with Crippen LogP contribution in [0.25, 0.3) is 0 Å². The number of carbonyl (C=O) groups excluding carboxylic acids is 5. The van der Waals surface area contributed by atoms with Gasteiger partial charge in [-0.3, -0.25) is 33.8 Å². The number of imide groups is 1. The van der Waals surface area contributed by atoms with E-state index in [0.29, 0.717) is 31.6 Å². The minimum Gasteiger partial charge on any atom is -0.499 e. The van der Waals surface area contributed by atoms with Crippen LogP contribution in [0.2, 0.25) is 0 Å². The maximum absolute atomic E-state index is 14.1. The van der Waals surface area contributed by atoms with E-state index in [2.05, 4.69) is 0 Å². The highest BCUT2D eigenvalue weighted by molar-refractivity contribution is 6.07. The summed E-state index contributed by atoms with van der Waals surface area (Å²) in [5.41, 5.74) is 0. The zero-order chi connectivity index (χ0) is 32.9. The number of nitrogens with zero attached hydrogens (tertiary/aromatic N) is 4. The molecule has 1 fully saturated rings. The molecular weight excluding hydrogens is 552 g/mol. The molecule has 0 saturated carbocycles. The van der Waals surface area contributed by atoms with Crippen LogP contribution in [0.15, 0.2) is 11.8 Å². The van der Waals surface area contributed by atoms with Crippen molar-refractivity contribution < 1.29 is 33.4 Å². The van der Waals surface area contributed by atoms with Crippen molar-refractivity contribution in [1.29, 1.82) is 0 Å². The number of rotatable bonds is 13. The minimum atomic E-state index is -1.08. The first kappa shape index (κ1) is 36.2. The fourth-order valence-corrected chi connectivity index (χ4v) is 6.09. The molecule has 0 aromatic rings. The molecule has 0 N–H and O–H groups in total. The third kappa shape index (κ3) is 8.16. The quantitative estimate of drug-likeness (QED) is 0.232. The molecule has 0 unspecified atom stereocenters. The van der Waals surface area contributed by atoms with Gasteiger partial charge in [-0.05, 0) is 57.0 Å². The highest BCUT2D eigenvalue weighted by Gasteiger charge is 2.48. The second kappa shape index (κ2) is 15.2. The first-order chi connectivity index (χ1) is 20.0. The molecule has 0 aliphatic carbocycles. The van der Waals surface area contributed by atoms with E-state index in [1.54, 1.807) is 39.9 Å². The number of hydrogen-bond donors (Lipinski definition) is 0. The van der Waals surface area contributed by atoms with Crippen LogP contribution in [0.3, 0.4) is 0 Å². The molecule has 2 rings (SSSR count). The van der Waals surface area contributed by atoms with Gasteiger partial charge in [0, 0.05) is 19.7 Å². The molecule has 4 amide bonds. The van der Waals surface area contributed by atoms with E-state index in [-0.39, 0.29) is 29.6 Å². The van der Waals surface area contributed by atoms with Crippen LogP contribution in [-0.2, 0) is 33.4 Å². The van der Waals surface area contributed by atoms with Crippen LogP contribution < -0.4 is 0 Å². The van der Waals surface area contributed by atoms with Crippen LogP contribution in [-0.4, -0.2) is 114 Å². The van der Waals surface area contributed by atoms with Crippen molar-refractivity contribution in [2.45, 2.75) is 105 Å². The summed E-state index contributed by atoms with van der Waals surface area (Å²) in [5.74, 6) is -2.24. The third-order valence-electron chi connectivity index (χ3n) is 8.33. The molecule has 1 saturated heterocycles. The van der Waals surface area contributed by atoms with E-state index in [9.17, 15) is 24.0 Å². The van der Waals surface area contributed by atoms with Crippen LogP contribution in [0, 0.1) is 23.7 Å². The average Bonchev–Trinajstić information content (AvgIpc) is 3.53. The lowest BCUT2D eigenvalue weighted by Crippen LogP contribution is -2.59. The van der Waals surface area contributed by atoms with Gasteiger partial charge in [-0.2, -0.15) is 0 Å². The van der Waals surface area contributed by atoms with E-state index < -0.39 is 54.0 Å². The van der Waals surface area contributed by atoms with Crippen molar-refractivity contribution in [1.82, 2.24) is 19.6 Å². The topological polar surface area (TPSA) is 117 Å². The van der Waals surface area contributed by atoms with Gasteiger partial charge in [0.15, 0.2) is 6.10 Å². The Labute approximate surface area is 257 Å². The zero-order valence-corrected chi connectivity index (χ0v) is 28.2. The highest BCUT2D eigenvalue weighted by atomic mass is 16.6. The molecule has 0 spiro atoms. The number of likely N-dealkylation sites (tertiary alicyclic amines) is 1. The monoisotopic (exact) mass is 606 g/mol. The average molecular weight is 607 g/mol. The number of methoxy groups -OCH3 is 1. The molecule has 0 radical (unpaired) electrons. The van der Waals surface area contributed by atoms with Gasteiger partial charge in [0.05, 0.1) is 13.2 Å². The maximum atomic E-state index is 14.1. The maximum Gasteiger partial charge on any atom is 0.324 e. The minimum absolute atomic E-state index is 0.0809. The van der Waals surface area contributed by atoms with Crippen molar-refractivity contribution in [3.8, 4) is 0 Å². The largest absolute Gasteiger partial charge is 0.499 e. The summed E-state index contributed by atoms with van der Waals surface area (Å²) in [4.78, 5) is 73.8. The van der Waals surface area contributed by atoms with Gasteiger partial charge in [0.25, 0.3) is 17.7 Å². The molecule has 43 heavy (non-hydrogen) atoms. The summed E-state index contributed by atoms with van der Waals surface area (Å²) in [6.45, 7) is 15.5. The predicted molar refractivity (Wildman–Crippen MR) is 163 cm³/mol. The smallest absolute Gasteiger partial charge is 0.324 e. The van der Waals surface area contributed by atoms with E-state index in [4.69, 9.17) is 9.47 Å². The Morgan fingerprint density at radius 2 is 1.58 bits per heavy atom. The predicted octanol–water partition coefficient (Wildman–Crippen LogP) is 2.93. The van der Waals surface area contributed by atoms with Crippen molar-refractivity contribution >= 4 is 29.6 Å². The Hall–Kier alpha value is -2.95. The normalized spacial score (nSPS) is 21.1. The van der Waals surface area contributed by atoms with Gasteiger partial charge in [-0.15, -0.1) is 0 Å². The fourth-order valence-electron chi connectivity index (χ4n) is 6.09. The summed E-state index contributed by atoms with van der Waals surface area (Å²) >= 11 is 0. The lowest BCUT2D eigenvalue weighted by Gasteiger charge is -2.38. The zero-order valence-electron chi connectivity index (χ0n) is 28.2. The summed E-state index contributed by atoms with van der Waals surface area (Å²) < 4.78 is 11.2. The Morgan fingerprint density at radius 1 is 0.977 bits per heavy atom. The summed E-state index contributed by atoms with van der Waals surface area (Å²) in [6, 6.07) is -2.78. The van der Waals surface area contributed by atoms with Crippen molar-refractivity contribution in [3.63, 3.8) is 0 Å². The standard InChI is InChI=1S/C32H54N4O7/c1-18(2)16-23(33(9)10)32(41)43-28(21(7)8)31(40)34(11)27(20(5)6)30(39)35-15-13-14-22(35)29(38)36-25(37)17-24(42-12)26(36)19(3)4/h17-23,26-28H,13-16H2,1-12H3/t22-,23+,26-,27+,28-/m1/s1. The first-order valence-corrected chi connectivity index (χ1v) is 15.5. The molecule has 244 valence electrons. The van der Waals surface area contributed by atoms with Gasteiger partial charge in [-0.1, -0.05) is 55.4 Å². The molecular formula is C32H54N4O7. The molecule has 0 aromatic carbocycles. The molecule has 2 aliphatic rings. The SMILES string of the molecule is COC1=CC(=O)N(C(=O)[C@H]2CCCN2C(=O)[C@H](C(C)C)N(C)C(=O)[C@H](OC(=O)[C@H](CC(C)C)N(C)C)C(C)C)[C@@H]1C(C)C. The number of likely N-dealkylation sites (N-methyl/N-ethyl adjacent to an activating group) is 2. The molecule has 2 heterocycles. The van der Waals surface area contributed by atoms with E-state index in [0.717, 1.165) is 0 Å². The molecule has 11 nitrogen and oxygen atoms in total. The van der Waals surface area contributed by atoms with Crippen LogP contribution in [0.4, 0.5) is 0 Å². The molecule has 0 bridgehead atoms. The molecule has 0 aromatic heterocycles. The Morgan fingerprint density at radius 3 is 2.05 bits per heavy atom. The molecule has 2 aliphatic heterocycles. The number of esters is 1. The van der Waals surface area contributed by atoms with E-state index in [1.165, 1.54) is 27.9 Å². The Bertz CT molecular complexity index is 1070. The van der Waals surface area contributed by atoms with Gasteiger partial charge < -0.3 is 19.3 Å². The second-order valence-corrected chi connectivity index (χ2v) is 13.5. The molecule has 11 heteroatoms. The van der Waals surface area contributed by atoms with Crippen LogP contribution in [0.5, 0.6) is 0 Å². The summed E-state index contributed by atoms with van der Waals surface area (Å²) in [6.07, 6.45) is 1.85. The van der Waals surface area contributed by atoms with E-state index in [1.807, 2.05) is 41.5 Å². The van der Waals surface area contributed by atoms with Gasteiger partial charge in [-0.25, -0.2) is 0 Å². The van der Waals surface area contributed by atoms with Crippen LogP contribution >= 0.6 is 0 Å². The first-order valence-electron chi connectivity index (χ1n) is 15.5. The van der Waals surface area contributed by atoms with Crippen LogP contribution in [0.1, 0.15) is 74.7 Å². The van der Waals surface area contributed by atoms with Crippen molar-refractivity contribution in [3.05, 3.63) is 11.8 Å². The van der Waals surface area contributed by atoms with Crippen molar-refractivity contribution in [2.75, 3.05) is 34.8 Å². The van der Waals surface area contributed by atoms with Gasteiger partial charge in [0.2, 0.25) is 5.91 Å². The molecule has 5 atom stereocenters. The van der Waals surface area contributed by atoms with Gasteiger partial charge >= 0.3 is 5.97 Å². The number of ether oxygens (including phenoxy) is 2. The van der Waals surface area contributed by atoms with E-state index >= 15 is 0 Å². The third-order valence-corrected chi connectivity index (χ3v) is 8.33. The van der Waals surface area contributed by atoms with Gasteiger partial charge in [0.1, 0.15) is 23.9 Å². The highest BCUT2D eigenvalue weighted by Crippen LogP contribution is 2.31. The Kier molecular flexibility index (Phi) is 12.8. The number of hydrogen-bond acceptors (Lipinski definition) is 8. The lowest BCUT2D eigenvalue weighted by molar-refractivity contribution is -0.169. The lowest BCUT2D eigenvalue weighted by atomic mass is 9.97.